The maximum atomic E-state index is 13.0. The quantitative estimate of drug-likeness (QED) is 0.893. The monoisotopic (exact) mass is 308 g/mol. The average Bonchev–Trinajstić information content (AvgIpc) is 2.93. The lowest BCUT2D eigenvalue weighted by atomic mass is 10.1. The molecule has 0 radical (unpaired) electrons. The van der Waals surface area contributed by atoms with E-state index in [0.29, 0.717) is 22.5 Å². The van der Waals surface area contributed by atoms with E-state index < -0.39 is 10.0 Å². The molecule has 2 aromatic heterocycles. The van der Waals surface area contributed by atoms with E-state index in [2.05, 4.69) is 15.3 Å². The number of rotatable bonds is 4. The Kier molecular flexibility index (Phi) is 3.97. The van der Waals surface area contributed by atoms with Crippen LogP contribution in [-0.4, -0.2) is 48.4 Å². The van der Waals surface area contributed by atoms with Crippen LogP contribution < -0.4 is 5.32 Å². The summed E-state index contributed by atoms with van der Waals surface area (Å²) in [4.78, 5) is 7.44. The number of piperidine rings is 1. The van der Waals surface area contributed by atoms with Crippen molar-refractivity contribution in [2.45, 2.75) is 30.7 Å². The average molecular weight is 308 g/mol. The SMILES string of the molecule is CCN(C1CCNCC1)S(=O)(=O)c1c[nH]c2ncccc12. The molecular formula is C14H20N4O2S. The van der Waals surface area contributed by atoms with Gasteiger partial charge in [0.05, 0.1) is 0 Å². The highest BCUT2D eigenvalue weighted by Crippen LogP contribution is 2.27. The molecule has 21 heavy (non-hydrogen) atoms. The van der Waals surface area contributed by atoms with Gasteiger partial charge in [-0.25, -0.2) is 13.4 Å². The minimum absolute atomic E-state index is 0.0721. The van der Waals surface area contributed by atoms with Crippen LogP contribution in [0.1, 0.15) is 19.8 Å². The largest absolute Gasteiger partial charge is 0.345 e. The lowest BCUT2D eigenvalue weighted by Crippen LogP contribution is -2.45. The highest BCUT2D eigenvalue weighted by molar-refractivity contribution is 7.89. The molecule has 0 bridgehead atoms. The molecular weight excluding hydrogens is 288 g/mol. The summed E-state index contributed by atoms with van der Waals surface area (Å²) in [5.41, 5.74) is 0.609. The first-order chi connectivity index (χ1) is 10.1. The number of hydrogen-bond donors (Lipinski definition) is 2. The van der Waals surface area contributed by atoms with Crippen LogP contribution in [-0.2, 0) is 10.0 Å². The van der Waals surface area contributed by atoms with Gasteiger partial charge < -0.3 is 10.3 Å². The summed E-state index contributed by atoms with van der Waals surface area (Å²) < 4.78 is 27.6. The van der Waals surface area contributed by atoms with Crippen LogP contribution in [0.4, 0.5) is 0 Å². The van der Waals surface area contributed by atoms with E-state index in [1.807, 2.05) is 6.92 Å². The van der Waals surface area contributed by atoms with Gasteiger partial charge in [0.1, 0.15) is 10.5 Å². The van der Waals surface area contributed by atoms with E-state index in [1.54, 1.807) is 28.8 Å². The van der Waals surface area contributed by atoms with Crippen LogP contribution in [0.3, 0.4) is 0 Å². The minimum atomic E-state index is -3.50. The Morgan fingerprint density at radius 2 is 2.14 bits per heavy atom. The minimum Gasteiger partial charge on any atom is -0.345 e. The van der Waals surface area contributed by atoms with E-state index in [4.69, 9.17) is 0 Å². The van der Waals surface area contributed by atoms with Crippen LogP contribution in [0, 0.1) is 0 Å². The van der Waals surface area contributed by atoms with Gasteiger partial charge in [0.2, 0.25) is 10.0 Å². The molecule has 0 amide bonds. The first-order valence-electron chi connectivity index (χ1n) is 7.29. The fourth-order valence-corrected chi connectivity index (χ4v) is 4.84. The molecule has 2 aromatic rings. The van der Waals surface area contributed by atoms with Crippen molar-refractivity contribution >= 4 is 21.1 Å². The molecule has 0 aromatic carbocycles. The van der Waals surface area contributed by atoms with Crippen LogP contribution in [0.25, 0.3) is 11.0 Å². The molecule has 1 aliphatic rings. The van der Waals surface area contributed by atoms with Crippen molar-refractivity contribution in [2.24, 2.45) is 0 Å². The Balaban J connectivity index is 2.01. The van der Waals surface area contributed by atoms with E-state index >= 15 is 0 Å². The van der Waals surface area contributed by atoms with Crippen LogP contribution in [0.2, 0.25) is 0 Å². The van der Waals surface area contributed by atoms with Gasteiger partial charge in [0.25, 0.3) is 0 Å². The molecule has 7 heteroatoms. The van der Waals surface area contributed by atoms with E-state index in [9.17, 15) is 8.42 Å². The molecule has 0 unspecified atom stereocenters. The number of H-pyrrole nitrogens is 1. The number of pyridine rings is 1. The summed E-state index contributed by atoms with van der Waals surface area (Å²) in [6.45, 7) is 4.12. The summed E-state index contributed by atoms with van der Waals surface area (Å²) in [6, 6.07) is 3.63. The molecule has 6 nitrogen and oxygen atoms in total. The van der Waals surface area contributed by atoms with Crippen molar-refractivity contribution in [3.8, 4) is 0 Å². The number of nitrogens with zero attached hydrogens (tertiary/aromatic N) is 2. The van der Waals surface area contributed by atoms with Gasteiger partial charge in [-0.05, 0) is 38.1 Å². The number of aromatic nitrogens is 2. The standard InChI is InChI=1S/C14H20N4O2S/c1-2-18(11-5-8-15-9-6-11)21(19,20)13-10-17-14-12(13)4-3-7-16-14/h3-4,7,10-11,15H,2,5-6,8-9H2,1H3,(H,16,17). The number of sulfonamides is 1. The Hall–Kier alpha value is -1.44. The molecule has 1 saturated heterocycles. The van der Waals surface area contributed by atoms with Gasteiger partial charge in [-0.3, -0.25) is 0 Å². The maximum Gasteiger partial charge on any atom is 0.245 e. The first-order valence-corrected chi connectivity index (χ1v) is 8.73. The van der Waals surface area contributed by atoms with Gasteiger partial charge >= 0.3 is 0 Å². The summed E-state index contributed by atoms with van der Waals surface area (Å²) >= 11 is 0. The van der Waals surface area contributed by atoms with Crippen LogP contribution >= 0.6 is 0 Å². The van der Waals surface area contributed by atoms with Crippen molar-refractivity contribution < 1.29 is 8.42 Å². The molecule has 1 aliphatic heterocycles. The van der Waals surface area contributed by atoms with Crippen molar-refractivity contribution in [1.82, 2.24) is 19.6 Å². The summed E-state index contributed by atoms with van der Waals surface area (Å²) in [5.74, 6) is 0. The Morgan fingerprint density at radius 3 is 2.86 bits per heavy atom. The molecule has 0 atom stereocenters. The van der Waals surface area contributed by atoms with E-state index in [1.165, 1.54) is 0 Å². The summed E-state index contributed by atoms with van der Waals surface area (Å²) in [7, 11) is -3.50. The zero-order valence-electron chi connectivity index (χ0n) is 12.0. The highest BCUT2D eigenvalue weighted by Gasteiger charge is 2.32. The fraction of sp³-hybridized carbons (Fsp3) is 0.500. The third kappa shape index (κ3) is 2.56. The van der Waals surface area contributed by atoms with E-state index in [0.717, 1.165) is 25.9 Å². The van der Waals surface area contributed by atoms with Gasteiger partial charge in [-0.1, -0.05) is 6.92 Å². The van der Waals surface area contributed by atoms with Crippen molar-refractivity contribution in [3.63, 3.8) is 0 Å². The fourth-order valence-electron chi connectivity index (χ4n) is 2.99. The molecule has 3 rings (SSSR count). The topological polar surface area (TPSA) is 78.1 Å². The maximum absolute atomic E-state index is 13.0. The Morgan fingerprint density at radius 1 is 1.38 bits per heavy atom. The second-order valence-corrected chi connectivity index (χ2v) is 7.10. The lowest BCUT2D eigenvalue weighted by molar-refractivity contribution is 0.271. The second kappa shape index (κ2) is 5.75. The smallest absolute Gasteiger partial charge is 0.245 e. The van der Waals surface area contributed by atoms with Crippen LogP contribution in [0.15, 0.2) is 29.4 Å². The van der Waals surface area contributed by atoms with Crippen molar-refractivity contribution in [1.29, 1.82) is 0 Å². The first kappa shape index (κ1) is 14.5. The number of nitrogens with one attached hydrogen (secondary N) is 2. The zero-order chi connectivity index (χ0) is 14.9. The molecule has 0 aliphatic carbocycles. The van der Waals surface area contributed by atoms with Gasteiger partial charge in [0.15, 0.2) is 0 Å². The number of hydrogen-bond acceptors (Lipinski definition) is 4. The number of fused-ring (bicyclic) bond motifs is 1. The Labute approximate surface area is 124 Å². The second-order valence-electron chi connectivity index (χ2n) is 5.24. The highest BCUT2D eigenvalue weighted by atomic mass is 32.2. The lowest BCUT2D eigenvalue weighted by Gasteiger charge is -2.32. The predicted molar refractivity (Wildman–Crippen MR) is 81.6 cm³/mol. The normalized spacial score (nSPS) is 17.6. The van der Waals surface area contributed by atoms with Gasteiger partial charge in [0, 0.05) is 30.4 Å². The predicted octanol–water partition coefficient (Wildman–Crippen LogP) is 1.33. The molecule has 0 spiro atoms. The van der Waals surface area contributed by atoms with Crippen molar-refractivity contribution in [2.75, 3.05) is 19.6 Å². The molecule has 1 fully saturated rings. The van der Waals surface area contributed by atoms with Crippen LogP contribution in [0.5, 0.6) is 0 Å². The zero-order valence-corrected chi connectivity index (χ0v) is 12.9. The van der Waals surface area contributed by atoms with Gasteiger partial charge in [-0.15, -0.1) is 0 Å². The third-order valence-electron chi connectivity index (χ3n) is 4.03. The summed E-state index contributed by atoms with van der Waals surface area (Å²) in [5, 5.41) is 3.93. The third-order valence-corrected chi connectivity index (χ3v) is 6.09. The Bertz CT molecular complexity index is 719. The van der Waals surface area contributed by atoms with Crippen molar-refractivity contribution in [3.05, 3.63) is 24.5 Å². The number of aromatic amines is 1. The molecule has 2 N–H and O–H groups in total. The summed E-state index contributed by atoms with van der Waals surface area (Å²) in [6.07, 6.45) is 4.91. The van der Waals surface area contributed by atoms with E-state index in [-0.39, 0.29) is 6.04 Å². The van der Waals surface area contributed by atoms with Gasteiger partial charge in [-0.2, -0.15) is 4.31 Å². The molecule has 0 saturated carbocycles. The molecule has 114 valence electrons. The molecule has 3 heterocycles.